The van der Waals surface area contributed by atoms with E-state index in [0.717, 1.165) is 0 Å². The van der Waals surface area contributed by atoms with Gasteiger partial charge in [-0.05, 0) is 63.5 Å². The van der Waals surface area contributed by atoms with Crippen molar-refractivity contribution in [2.24, 2.45) is 5.10 Å². The molecule has 0 aliphatic heterocycles. The second-order valence-corrected chi connectivity index (χ2v) is 6.84. The lowest BCUT2D eigenvalue weighted by atomic mass is 10.1. The Kier molecular flexibility index (Phi) is 6.89. The van der Waals surface area contributed by atoms with Crippen LogP contribution in [0, 0.1) is 0 Å². The van der Waals surface area contributed by atoms with Gasteiger partial charge in [0.2, 0.25) is 0 Å². The molecule has 3 aromatic carbocycles. The molecule has 0 heterocycles. The summed E-state index contributed by atoms with van der Waals surface area (Å²) in [5, 5.41) is 13.8. The summed E-state index contributed by atoms with van der Waals surface area (Å²) in [5.74, 6) is -0.723. The Balaban J connectivity index is 1.55. The minimum absolute atomic E-state index is 0.381. The van der Waals surface area contributed by atoms with E-state index in [-0.39, 0.29) is 0 Å². The van der Waals surface area contributed by atoms with Crippen LogP contribution in [0.1, 0.15) is 27.6 Å². The van der Waals surface area contributed by atoms with E-state index in [1.807, 2.05) is 6.07 Å². The van der Waals surface area contributed by atoms with Crippen molar-refractivity contribution >= 4 is 34.0 Å². The van der Waals surface area contributed by atoms with Crippen LogP contribution in [0.25, 0.3) is 0 Å². The average molecular weight is 453 g/mol. The number of aliphatic hydroxyl groups is 1. The van der Waals surface area contributed by atoms with Crippen LogP contribution in [0.5, 0.6) is 5.75 Å². The Morgan fingerprint density at radius 1 is 0.966 bits per heavy atom. The maximum absolute atomic E-state index is 12.2. The number of esters is 1. The van der Waals surface area contributed by atoms with Gasteiger partial charge in [0.05, 0.1) is 11.8 Å². The Bertz CT molecular complexity index is 1020. The predicted molar refractivity (Wildman–Crippen MR) is 113 cm³/mol. The smallest absolute Gasteiger partial charge is 0.344 e. The molecule has 146 valence electrons. The van der Waals surface area contributed by atoms with E-state index in [1.54, 1.807) is 72.8 Å². The number of nitrogens with one attached hydrogen (secondary N) is 1. The number of carbonyl (C=O) groups excluding carboxylic acids is 2. The van der Waals surface area contributed by atoms with Gasteiger partial charge < -0.3 is 9.84 Å². The summed E-state index contributed by atoms with van der Waals surface area (Å²) in [5.41, 5.74) is 3.89. The van der Waals surface area contributed by atoms with Gasteiger partial charge in [-0.3, -0.25) is 4.79 Å². The zero-order valence-corrected chi connectivity index (χ0v) is 16.7. The Labute approximate surface area is 176 Å². The lowest BCUT2D eigenvalue weighted by molar-refractivity contribution is -0.129. The van der Waals surface area contributed by atoms with Crippen LogP contribution in [0.3, 0.4) is 0 Å². The highest BCUT2D eigenvalue weighted by Crippen LogP contribution is 2.19. The van der Waals surface area contributed by atoms with Gasteiger partial charge in [-0.25, -0.2) is 10.2 Å². The summed E-state index contributed by atoms with van der Waals surface area (Å²) < 4.78 is 6.00. The molecule has 0 aliphatic rings. The highest BCUT2D eigenvalue weighted by atomic mass is 79.9. The molecule has 0 saturated carbocycles. The molecule has 0 bridgehead atoms. The first-order valence-corrected chi connectivity index (χ1v) is 9.46. The molecule has 3 rings (SSSR count). The molecule has 0 unspecified atom stereocenters. The zero-order chi connectivity index (χ0) is 20.6. The molecule has 29 heavy (non-hydrogen) atoms. The van der Waals surface area contributed by atoms with Gasteiger partial charge >= 0.3 is 5.97 Å². The number of nitrogens with zero attached hydrogens (tertiary/aromatic N) is 1. The van der Waals surface area contributed by atoms with Crippen molar-refractivity contribution < 1.29 is 19.4 Å². The highest BCUT2D eigenvalue weighted by Gasteiger charge is 2.16. The molecule has 1 atom stereocenters. The van der Waals surface area contributed by atoms with Gasteiger partial charge in [0.1, 0.15) is 5.75 Å². The predicted octanol–water partition coefficient (Wildman–Crippen LogP) is 3.85. The first-order valence-electron chi connectivity index (χ1n) is 8.67. The van der Waals surface area contributed by atoms with Crippen molar-refractivity contribution in [1.29, 1.82) is 0 Å². The van der Waals surface area contributed by atoms with Gasteiger partial charge in [-0.1, -0.05) is 42.5 Å². The average Bonchev–Trinajstić information content (AvgIpc) is 2.75. The topological polar surface area (TPSA) is 88.0 Å². The van der Waals surface area contributed by atoms with Gasteiger partial charge in [-0.15, -0.1) is 0 Å². The fourth-order valence-corrected chi connectivity index (χ4v) is 2.88. The molecular formula is C22H17BrN2O4. The molecule has 0 aliphatic carbocycles. The van der Waals surface area contributed by atoms with E-state index in [4.69, 9.17) is 4.74 Å². The van der Waals surface area contributed by atoms with Crippen LogP contribution in [0.2, 0.25) is 0 Å². The first kappa shape index (κ1) is 20.4. The summed E-state index contributed by atoms with van der Waals surface area (Å²) in [6, 6.07) is 22.2. The minimum Gasteiger partial charge on any atom is -0.423 e. The van der Waals surface area contributed by atoms with E-state index >= 15 is 0 Å². The number of rotatable bonds is 6. The van der Waals surface area contributed by atoms with Crippen molar-refractivity contribution in [1.82, 2.24) is 5.43 Å². The van der Waals surface area contributed by atoms with Gasteiger partial charge in [0.15, 0.2) is 6.10 Å². The van der Waals surface area contributed by atoms with E-state index in [0.29, 0.717) is 26.9 Å². The lowest BCUT2D eigenvalue weighted by Crippen LogP contribution is -2.25. The van der Waals surface area contributed by atoms with Crippen molar-refractivity contribution in [2.75, 3.05) is 0 Å². The molecule has 1 amide bonds. The molecule has 3 aromatic rings. The fraction of sp³-hybridized carbons (Fsp3) is 0.0455. The molecule has 0 saturated heterocycles. The number of hydrogen-bond acceptors (Lipinski definition) is 5. The normalized spacial score (nSPS) is 11.8. The summed E-state index contributed by atoms with van der Waals surface area (Å²) in [7, 11) is 0. The van der Waals surface area contributed by atoms with Crippen LogP contribution >= 0.6 is 15.9 Å². The van der Waals surface area contributed by atoms with Crippen molar-refractivity contribution in [3.05, 3.63) is 100 Å². The van der Waals surface area contributed by atoms with Crippen LogP contribution in [-0.2, 0) is 4.79 Å². The third kappa shape index (κ3) is 5.60. The van der Waals surface area contributed by atoms with Gasteiger partial charge in [-0.2, -0.15) is 5.10 Å². The Hall–Kier alpha value is -3.29. The number of ether oxygens (including phenoxy) is 1. The maximum atomic E-state index is 12.2. The second-order valence-electron chi connectivity index (χ2n) is 5.99. The van der Waals surface area contributed by atoms with Crippen molar-refractivity contribution in [3.63, 3.8) is 0 Å². The second kappa shape index (κ2) is 9.77. The molecular weight excluding hydrogens is 436 g/mol. The SMILES string of the molecule is O=C(Oc1ccc(/C=N\NC(=O)[C@H](O)c2ccccc2)cc1)c1ccccc1Br. The van der Waals surface area contributed by atoms with Gasteiger partial charge in [0.25, 0.3) is 5.91 Å². The van der Waals surface area contributed by atoms with E-state index < -0.39 is 18.0 Å². The molecule has 0 fully saturated rings. The quantitative estimate of drug-likeness (QED) is 0.257. The Morgan fingerprint density at radius 3 is 2.31 bits per heavy atom. The van der Waals surface area contributed by atoms with E-state index in [2.05, 4.69) is 26.5 Å². The van der Waals surface area contributed by atoms with Crippen LogP contribution < -0.4 is 10.2 Å². The molecule has 0 spiro atoms. The zero-order valence-electron chi connectivity index (χ0n) is 15.2. The third-order valence-electron chi connectivity index (χ3n) is 3.94. The molecule has 0 aromatic heterocycles. The number of amides is 1. The monoisotopic (exact) mass is 452 g/mol. The fourth-order valence-electron chi connectivity index (χ4n) is 2.43. The van der Waals surface area contributed by atoms with Crippen LogP contribution in [-0.4, -0.2) is 23.2 Å². The molecule has 6 nitrogen and oxygen atoms in total. The number of carbonyl (C=O) groups is 2. The van der Waals surface area contributed by atoms with Crippen LogP contribution in [0.4, 0.5) is 0 Å². The lowest BCUT2D eigenvalue weighted by Gasteiger charge is -2.08. The summed E-state index contributed by atoms with van der Waals surface area (Å²) >= 11 is 3.32. The molecule has 0 radical (unpaired) electrons. The Morgan fingerprint density at radius 2 is 1.62 bits per heavy atom. The molecule has 7 heteroatoms. The number of hydrazone groups is 1. The van der Waals surface area contributed by atoms with E-state index in [9.17, 15) is 14.7 Å². The van der Waals surface area contributed by atoms with E-state index in [1.165, 1.54) is 6.21 Å². The van der Waals surface area contributed by atoms with Crippen LogP contribution in [0.15, 0.2) is 88.4 Å². The number of halogens is 1. The summed E-state index contributed by atoms with van der Waals surface area (Å²) in [6.07, 6.45) is 0.127. The summed E-state index contributed by atoms with van der Waals surface area (Å²) in [6.45, 7) is 0. The number of benzene rings is 3. The van der Waals surface area contributed by atoms with Gasteiger partial charge in [0, 0.05) is 4.47 Å². The maximum Gasteiger partial charge on any atom is 0.344 e. The standard InChI is InChI=1S/C22H17BrN2O4/c23-19-9-5-4-8-18(19)22(28)29-17-12-10-15(11-13-17)14-24-25-21(27)20(26)16-6-2-1-3-7-16/h1-14,20,26H,(H,25,27)/b24-14-/t20-/m1/s1. The summed E-state index contributed by atoms with van der Waals surface area (Å²) in [4.78, 5) is 24.1. The third-order valence-corrected chi connectivity index (χ3v) is 4.63. The first-order chi connectivity index (χ1) is 14.0. The van der Waals surface area contributed by atoms with Crippen molar-refractivity contribution in [2.45, 2.75) is 6.10 Å². The minimum atomic E-state index is -1.30. The largest absolute Gasteiger partial charge is 0.423 e. The number of aliphatic hydroxyl groups excluding tert-OH is 1. The highest BCUT2D eigenvalue weighted by molar-refractivity contribution is 9.10. The molecule has 2 N–H and O–H groups in total. The van der Waals surface area contributed by atoms with Crippen molar-refractivity contribution in [3.8, 4) is 5.75 Å². The number of hydrogen-bond donors (Lipinski definition) is 2.